The number of methoxy groups -OCH3 is 1. The number of fused-ring (bicyclic) bond motifs is 1. The fourth-order valence-electron chi connectivity index (χ4n) is 3.65. The Morgan fingerprint density at radius 3 is 2.69 bits per heavy atom. The first kappa shape index (κ1) is 25.9. The van der Waals surface area contributed by atoms with E-state index in [0.717, 1.165) is 12.1 Å². The monoisotopic (exact) mass is 547 g/mol. The summed E-state index contributed by atoms with van der Waals surface area (Å²) in [7, 11) is -0.556. The van der Waals surface area contributed by atoms with Crippen molar-refractivity contribution in [3.05, 3.63) is 65.2 Å². The van der Waals surface area contributed by atoms with Gasteiger partial charge in [0.15, 0.2) is 18.1 Å². The molecule has 3 heterocycles. The number of benzene rings is 1. The number of halogens is 4. The van der Waals surface area contributed by atoms with E-state index in [1.807, 2.05) is 0 Å². The maximum absolute atomic E-state index is 14.4. The number of anilines is 1. The SMILES string of the molecule is [2H]COc1nc(C)c(-c2ccc3nc(NC(C)=O)cn3n2)cc1C(=O)NCc1c(F)cccc1OCC(F)(F)F. The van der Waals surface area contributed by atoms with Crippen LogP contribution < -0.4 is 20.1 Å². The molecule has 2 N–H and O–H groups in total. The standard InChI is InChI=1S/C25H22F4N6O4/c1-13-15(19-7-8-22-33-21(32-14(2)36)11-35(22)34-19)9-16(24(31-13)38-3)23(37)30-10-17-18(26)5-4-6-20(17)39-12-25(27,28)29/h4-9,11H,10,12H2,1-3H3,(H,30,37)(H,32,36)/i3D. The van der Waals surface area contributed by atoms with Crippen molar-refractivity contribution in [2.45, 2.75) is 26.6 Å². The van der Waals surface area contributed by atoms with Gasteiger partial charge < -0.3 is 20.1 Å². The topological polar surface area (TPSA) is 120 Å². The second-order valence-corrected chi connectivity index (χ2v) is 8.25. The maximum Gasteiger partial charge on any atom is 0.422 e. The smallest absolute Gasteiger partial charge is 0.422 e. The van der Waals surface area contributed by atoms with Gasteiger partial charge in [-0.15, -0.1) is 0 Å². The number of pyridine rings is 1. The highest BCUT2D eigenvalue weighted by atomic mass is 19.4. The van der Waals surface area contributed by atoms with Gasteiger partial charge in [-0.25, -0.2) is 18.9 Å². The van der Waals surface area contributed by atoms with Crippen LogP contribution in [0.5, 0.6) is 11.6 Å². The summed E-state index contributed by atoms with van der Waals surface area (Å²) in [6, 6.07) is 8.06. The molecule has 0 aliphatic heterocycles. The first-order valence-corrected chi connectivity index (χ1v) is 11.3. The molecular weight excluding hydrogens is 524 g/mol. The Bertz CT molecular complexity index is 1580. The number of carbonyl (C=O) groups is 2. The van der Waals surface area contributed by atoms with Crippen molar-refractivity contribution in [2.24, 2.45) is 0 Å². The van der Waals surface area contributed by atoms with Gasteiger partial charge in [-0.05, 0) is 37.3 Å². The molecule has 0 spiro atoms. The van der Waals surface area contributed by atoms with Gasteiger partial charge in [0.1, 0.15) is 17.1 Å². The number of amides is 2. The molecule has 10 nitrogen and oxygen atoms in total. The largest absolute Gasteiger partial charge is 0.484 e. The molecule has 0 bridgehead atoms. The zero-order chi connectivity index (χ0) is 29.0. The Morgan fingerprint density at radius 1 is 1.18 bits per heavy atom. The van der Waals surface area contributed by atoms with Crippen LogP contribution in [-0.4, -0.2) is 51.3 Å². The molecule has 204 valence electrons. The maximum atomic E-state index is 14.4. The lowest BCUT2D eigenvalue weighted by Crippen LogP contribution is -2.25. The minimum atomic E-state index is -4.64. The molecule has 2 amide bonds. The van der Waals surface area contributed by atoms with Crippen LogP contribution in [0.1, 0.15) is 29.9 Å². The van der Waals surface area contributed by atoms with E-state index >= 15 is 0 Å². The Kier molecular flexibility index (Phi) is 7.25. The lowest BCUT2D eigenvalue weighted by atomic mass is 10.1. The highest BCUT2D eigenvalue weighted by Crippen LogP contribution is 2.28. The van der Waals surface area contributed by atoms with Gasteiger partial charge in [-0.1, -0.05) is 6.07 Å². The summed E-state index contributed by atoms with van der Waals surface area (Å²) >= 11 is 0. The summed E-state index contributed by atoms with van der Waals surface area (Å²) in [4.78, 5) is 33.0. The lowest BCUT2D eigenvalue weighted by Gasteiger charge is -2.15. The normalized spacial score (nSPS) is 11.7. The van der Waals surface area contributed by atoms with Gasteiger partial charge in [-0.2, -0.15) is 18.3 Å². The van der Waals surface area contributed by atoms with Crippen LogP contribution in [0.25, 0.3) is 16.9 Å². The number of hydrogen-bond donors (Lipinski definition) is 2. The Morgan fingerprint density at radius 2 is 1.97 bits per heavy atom. The van der Waals surface area contributed by atoms with Crippen molar-refractivity contribution < 1.29 is 38.0 Å². The molecule has 4 aromatic rings. The molecular formula is C25H22F4N6O4. The number of nitrogens with one attached hydrogen (secondary N) is 2. The van der Waals surface area contributed by atoms with Gasteiger partial charge in [0.05, 0.1) is 26.0 Å². The number of nitrogens with zero attached hydrogens (tertiary/aromatic N) is 4. The van der Waals surface area contributed by atoms with Crippen LogP contribution in [0.2, 0.25) is 0 Å². The van der Waals surface area contributed by atoms with Crippen molar-refractivity contribution >= 4 is 23.3 Å². The first-order valence-electron chi connectivity index (χ1n) is 12.0. The van der Waals surface area contributed by atoms with Crippen LogP contribution in [0.4, 0.5) is 23.4 Å². The molecule has 0 aliphatic rings. The van der Waals surface area contributed by atoms with E-state index in [4.69, 9.17) is 10.8 Å². The van der Waals surface area contributed by atoms with Gasteiger partial charge in [-0.3, -0.25) is 9.59 Å². The quantitative estimate of drug-likeness (QED) is 0.319. The molecule has 0 atom stereocenters. The van der Waals surface area contributed by atoms with Crippen LogP contribution >= 0.6 is 0 Å². The average molecular weight is 547 g/mol. The Hall–Kier alpha value is -4.75. The van der Waals surface area contributed by atoms with E-state index < -0.39 is 38.1 Å². The Labute approximate surface area is 220 Å². The van der Waals surface area contributed by atoms with Gasteiger partial charge in [0.25, 0.3) is 5.91 Å². The van der Waals surface area contributed by atoms with Crippen molar-refractivity contribution in [2.75, 3.05) is 19.0 Å². The minimum absolute atomic E-state index is 0.117. The van der Waals surface area contributed by atoms with Crippen LogP contribution in [0, 0.1) is 12.7 Å². The second kappa shape index (κ2) is 10.9. The highest BCUT2D eigenvalue weighted by molar-refractivity contribution is 5.97. The molecule has 0 aliphatic carbocycles. The van der Waals surface area contributed by atoms with E-state index in [2.05, 4.69) is 25.7 Å². The number of imidazole rings is 1. The number of carbonyl (C=O) groups excluding carboxylic acids is 2. The van der Waals surface area contributed by atoms with E-state index in [9.17, 15) is 27.2 Å². The fourth-order valence-corrected chi connectivity index (χ4v) is 3.65. The van der Waals surface area contributed by atoms with Crippen molar-refractivity contribution in [3.63, 3.8) is 0 Å². The highest BCUT2D eigenvalue weighted by Gasteiger charge is 2.29. The number of aromatic nitrogens is 4. The molecule has 0 fully saturated rings. The summed E-state index contributed by atoms with van der Waals surface area (Å²) in [5.41, 5.74) is 1.25. The second-order valence-electron chi connectivity index (χ2n) is 8.25. The Balaban J connectivity index is 1.64. The number of hydrogen-bond acceptors (Lipinski definition) is 7. The molecule has 0 radical (unpaired) electrons. The molecule has 1 aromatic carbocycles. The zero-order valence-corrected chi connectivity index (χ0v) is 20.6. The summed E-state index contributed by atoms with van der Waals surface area (Å²) in [5, 5.41) is 9.47. The lowest BCUT2D eigenvalue weighted by molar-refractivity contribution is -0.153. The predicted molar refractivity (Wildman–Crippen MR) is 131 cm³/mol. The molecule has 0 saturated carbocycles. The van der Waals surface area contributed by atoms with Gasteiger partial charge in [0.2, 0.25) is 11.8 Å². The number of alkyl halides is 3. The fraction of sp³-hybridized carbons (Fsp3) is 0.240. The molecule has 4 rings (SSSR count). The summed E-state index contributed by atoms with van der Waals surface area (Å²) in [5.74, 6) is -2.23. The van der Waals surface area contributed by atoms with E-state index in [1.165, 1.54) is 29.8 Å². The van der Waals surface area contributed by atoms with Crippen molar-refractivity contribution in [3.8, 4) is 22.9 Å². The number of rotatable bonds is 8. The molecule has 39 heavy (non-hydrogen) atoms. The average Bonchev–Trinajstić information content (AvgIpc) is 3.27. The van der Waals surface area contributed by atoms with E-state index in [0.29, 0.717) is 22.6 Å². The molecule has 0 unspecified atom stereocenters. The summed E-state index contributed by atoms with van der Waals surface area (Å²) in [6.45, 7) is 0.839. The molecule has 0 saturated heterocycles. The summed E-state index contributed by atoms with van der Waals surface area (Å²) < 4.78 is 71.1. The number of ether oxygens (including phenoxy) is 2. The van der Waals surface area contributed by atoms with Crippen molar-refractivity contribution in [1.29, 1.82) is 0 Å². The minimum Gasteiger partial charge on any atom is -0.484 e. The predicted octanol–water partition coefficient (Wildman–Crippen LogP) is 4.08. The third kappa shape index (κ3) is 6.40. The van der Waals surface area contributed by atoms with Crippen LogP contribution in [-0.2, 0) is 11.3 Å². The molecule has 14 heteroatoms. The summed E-state index contributed by atoms with van der Waals surface area (Å²) in [6.07, 6.45) is -3.14. The van der Waals surface area contributed by atoms with Gasteiger partial charge in [0, 0.05) is 24.6 Å². The van der Waals surface area contributed by atoms with Gasteiger partial charge >= 0.3 is 6.18 Å². The zero-order valence-electron chi connectivity index (χ0n) is 21.6. The molecule has 3 aromatic heterocycles. The van der Waals surface area contributed by atoms with Crippen molar-refractivity contribution in [1.82, 2.24) is 24.9 Å². The number of aryl methyl sites for hydroxylation is 1. The van der Waals surface area contributed by atoms with Crippen LogP contribution in [0.15, 0.2) is 42.6 Å². The third-order valence-electron chi connectivity index (χ3n) is 5.35. The van der Waals surface area contributed by atoms with E-state index in [-0.39, 0.29) is 34.5 Å². The third-order valence-corrected chi connectivity index (χ3v) is 5.35. The van der Waals surface area contributed by atoms with Crippen LogP contribution in [0.3, 0.4) is 0 Å². The van der Waals surface area contributed by atoms with E-state index in [1.54, 1.807) is 19.1 Å². The first-order chi connectivity index (χ1) is 18.9.